The number of fused-ring (bicyclic) bond motifs is 1. The van der Waals surface area contributed by atoms with Crippen molar-refractivity contribution in [3.63, 3.8) is 0 Å². The lowest BCUT2D eigenvalue weighted by atomic mass is 10.1. The molecular weight excluding hydrogens is 341 g/mol. The number of imidazole rings is 1. The molecule has 2 heterocycles. The van der Waals surface area contributed by atoms with Crippen molar-refractivity contribution in [2.45, 2.75) is 12.7 Å². The Labute approximate surface area is 149 Å². The minimum absolute atomic E-state index is 0.430. The van der Waals surface area contributed by atoms with Crippen LogP contribution in [0, 0.1) is 0 Å². The molecule has 3 aromatic rings. The van der Waals surface area contributed by atoms with E-state index in [1.807, 2.05) is 18.2 Å². The Morgan fingerprint density at radius 2 is 1.85 bits per heavy atom. The first-order valence-electron chi connectivity index (χ1n) is 8.58. The molecule has 2 N–H and O–H groups in total. The third-order valence-corrected chi connectivity index (χ3v) is 4.63. The average Bonchev–Trinajstić information content (AvgIpc) is 3.05. The molecule has 0 aliphatic carbocycles. The van der Waals surface area contributed by atoms with Gasteiger partial charge in [-0.2, -0.15) is 13.2 Å². The maximum atomic E-state index is 12.9. The Hall–Kier alpha value is -2.38. The first kappa shape index (κ1) is 17.1. The molecule has 0 unspecified atom stereocenters. The van der Waals surface area contributed by atoms with E-state index in [0.717, 1.165) is 55.9 Å². The number of benzene rings is 2. The van der Waals surface area contributed by atoms with Gasteiger partial charge in [0.2, 0.25) is 0 Å². The lowest BCUT2D eigenvalue weighted by Gasteiger charge is -2.27. The summed E-state index contributed by atoms with van der Waals surface area (Å²) in [5, 5.41) is 3.33. The number of H-pyrrole nitrogens is 1. The number of halogens is 3. The summed E-state index contributed by atoms with van der Waals surface area (Å²) in [6.07, 6.45) is -4.36. The largest absolute Gasteiger partial charge is 0.416 e. The van der Waals surface area contributed by atoms with Gasteiger partial charge in [-0.25, -0.2) is 4.98 Å². The van der Waals surface area contributed by atoms with Gasteiger partial charge in [0.15, 0.2) is 0 Å². The van der Waals surface area contributed by atoms with Crippen molar-refractivity contribution in [1.29, 1.82) is 0 Å². The van der Waals surface area contributed by atoms with Crippen LogP contribution in [0.5, 0.6) is 0 Å². The zero-order valence-corrected chi connectivity index (χ0v) is 14.1. The summed E-state index contributed by atoms with van der Waals surface area (Å²) in [4.78, 5) is 9.98. The predicted octanol–water partition coefficient (Wildman–Crippen LogP) is 3.65. The summed E-state index contributed by atoms with van der Waals surface area (Å²) in [7, 11) is 0. The lowest BCUT2D eigenvalue weighted by Crippen LogP contribution is -2.42. The molecule has 0 atom stereocenters. The molecule has 0 spiro atoms. The van der Waals surface area contributed by atoms with E-state index in [2.05, 4.69) is 20.2 Å². The van der Waals surface area contributed by atoms with Gasteiger partial charge >= 0.3 is 6.18 Å². The molecular formula is C19H19F3N4. The zero-order chi connectivity index (χ0) is 18.1. The fourth-order valence-corrected chi connectivity index (χ4v) is 3.26. The average molecular weight is 360 g/mol. The van der Waals surface area contributed by atoms with Crippen LogP contribution >= 0.6 is 0 Å². The van der Waals surface area contributed by atoms with Crippen molar-refractivity contribution in [3.8, 4) is 11.4 Å². The van der Waals surface area contributed by atoms with Crippen LogP contribution in [0.1, 0.15) is 11.1 Å². The second-order valence-corrected chi connectivity index (χ2v) is 6.54. The van der Waals surface area contributed by atoms with Crippen molar-refractivity contribution < 1.29 is 13.2 Å². The third-order valence-electron chi connectivity index (χ3n) is 4.63. The number of nitrogens with one attached hydrogen (secondary N) is 2. The summed E-state index contributed by atoms with van der Waals surface area (Å²) >= 11 is 0. The first-order chi connectivity index (χ1) is 12.5. The van der Waals surface area contributed by atoms with Gasteiger partial charge in [0.05, 0.1) is 16.6 Å². The highest BCUT2D eigenvalue weighted by molar-refractivity contribution is 5.80. The van der Waals surface area contributed by atoms with Crippen LogP contribution < -0.4 is 5.32 Å². The van der Waals surface area contributed by atoms with Crippen molar-refractivity contribution >= 4 is 11.0 Å². The fraction of sp³-hybridized carbons (Fsp3) is 0.316. The van der Waals surface area contributed by atoms with Crippen LogP contribution in [-0.4, -0.2) is 41.0 Å². The van der Waals surface area contributed by atoms with Crippen LogP contribution in [0.4, 0.5) is 13.2 Å². The molecule has 0 radical (unpaired) electrons. The monoisotopic (exact) mass is 360 g/mol. The second-order valence-electron chi connectivity index (χ2n) is 6.54. The number of hydrogen-bond acceptors (Lipinski definition) is 3. The second kappa shape index (κ2) is 6.74. The van der Waals surface area contributed by atoms with Crippen molar-refractivity contribution in [2.24, 2.45) is 0 Å². The zero-order valence-electron chi connectivity index (χ0n) is 14.1. The molecule has 136 valence electrons. The highest BCUT2D eigenvalue weighted by atomic mass is 19.4. The number of piperazine rings is 1. The number of aromatic nitrogens is 2. The molecule has 1 fully saturated rings. The van der Waals surface area contributed by atoms with Crippen LogP contribution in [-0.2, 0) is 12.7 Å². The molecule has 0 saturated carbocycles. The Morgan fingerprint density at radius 1 is 1.04 bits per heavy atom. The number of hydrogen-bond donors (Lipinski definition) is 2. The summed E-state index contributed by atoms with van der Waals surface area (Å²) in [5.74, 6) is 0.449. The third kappa shape index (κ3) is 3.59. The van der Waals surface area contributed by atoms with Crippen LogP contribution in [0.2, 0.25) is 0 Å². The van der Waals surface area contributed by atoms with E-state index in [1.165, 1.54) is 11.6 Å². The fourth-order valence-electron chi connectivity index (χ4n) is 3.26. The van der Waals surface area contributed by atoms with E-state index in [4.69, 9.17) is 0 Å². The molecule has 26 heavy (non-hydrogen) atoms. The van der Waals surface area contributed by atoms with Crippen molar-refractivity contribution in [2.75, 3.05) is 26.2 Å². The topological polar surface area (TPSA) is 44.0 Å². The van der Waals surface area contributed by atoms with Gasteiger partial charge in [-0.15, -0.1) is 0 Å². The Bertz CT molecular complexity index is 911. The van der Waals surface area contributed by atoms with E-state index in [-0.39, 0.29) is 0 Å². The Morgan fingerprint density at radius 3 is 2.62 bits per heavy atom. The van der Waals surface area contributed by atoms with Crippen LogP contribution in [0.3, 0.4) is 0 Å². The molecule has 4 nitrogen and oxygen atoms in total. The smallest absolute Gasteiger partial charge is 0.338 e. The van der Waals surface area contributed by atoms with Gasteiger partial charge in [0.25, 0.3) is 0 Å². The first-order valence-corrected chi connectivity index (χ1v) is 8.58. The van der Waals surface area contributed by atoms with Gasteiger partial charge < -0.3 is 10.3 Å². The molecule has 0 amide bonds. The van der Waals surface area contributed by atoms with E-state index < -0.39 is 11.7 Å². The molecule has 4 rings (SSSR count). The molecule has 7 heteroatoms. The van der Waals surface area contributed by atoms with Gasteiger partial charge in [-0.3, -0.25) is 4.90 Å². The number of nitrogens with zero attached hydrogens (tertiary/aromatic N) is 2. The molecule has 1 aromatic heterocycles. The van der Waals surface area contributed by atoms with E-state index in [0.29, 0.717) is 11.4 Å². The van der Waals surface area contributed by atoms with Crippen LogP contribution in [0.15, 0.2) is 42.5 Å². The quantitative estimate of drug-likeness (QED) is 0.749. The van der Waals surface area contributed by atoms with E-state index in [9.17, 15) is 13.2 Å². The standard InChI is InChI=1S/C19H19F3N4/c20-19(21,22)15-3-1-2-14(11-15)18-24-16-5-4-13(10-17(16)25-18)12-26-8-6-23-7-9-26/h1-5,10-11,23H,6-9,12H2,(H,24,25). The minimum Gasteiger partial charge on any atom is -0.338 e. The minimum atomic E-state index is -4.36. The van der Waals surface area contributed by atoms with Crippen LogP contribution in [0.25, 0.3) is 22.4 Å². The Kier molecular flexibility index (Phi) is 4.42. The maximum Gasteiger partial charge on any atom is 0.416 e. The summed E-state index contributed by atoms with van der Waals surface area (Å²) in [6.45, 7) is 4.86. The SMILES string of the molecule is FC(F)(F)c1cccc(-c2nc3ccc(CN4CCNCC4)cc3[nH]2)c1. The number of alkyl halides is 3. The predicted molar refractivity (Wildman–Crippen MR) is 94.7 cm³/mol. The maximum absolute atomic E-state index is 12.9. The highest BCUT2D eigenvalue weighted by Gasteiger charge is 2.30. The highest BCUT2D eigenvalue weighted by Crippen LogP contribution is 2.32. The normalized spacial score (nSPS) is 16.3. The summed E-state index contributed by atoms with van der Waals surface area (Å²) in [6, 6.07) is 11.2. The molecule has 0 bridgehead atoms. The van der Waals surface area contributed by atoms with E-state index >= 15 is 0 Å². The van der Waals surface area contributed by atoms with Gasteiger partial charge in [0.1, 0.15) is 5.82 Å². The van der Waals surface area contributed by atoms with Crippen molar-refractivity contribution in [1.82, 2.24) is 20.2 Å². The summed E-state index contributed by atoms with van der Waals surface area (Å²) < 4.78 is 38.8. The molecule has 1 saturated heterocycles. The molecule has 2 aromatic carbocycles. The van der Waals surface area contributed by atoms with Gasteiger partial charge in [0, 0.05) is 38.3 Å². The summed E-state index contributed by atoms with van der Waals surface area (Å²) in [5.41, 5.74) is 2.51. The van der Waals surface area contributed by atoms with Gasteiger partial charge in [-0.05, 0) is 29.8 Å². The molecule has 1 aliphatic rings. The molecule has 1 aliphatic heterocycles. The Balaban J connectivity index is 1.61. The van der Waals surface area contributed by atoms with E-state index in [1.54, 1.807) is 6.07 Å². The van der Waals surface area contributed by atoms with Crippen molar-refractivity contribution in [3.05, 3.63) is 53.6 Å². The number of rotatable bonds is 3. The van der Waals surface area contributed by atoms with Gasteiger partial charge in [-0.1, -0.05) is 18.2 Å². The number of aromatic amines is 1. The lowest BCUT2D eigenvalue weighted by molar-refractivity contribution is -0.137.